The number of hydrogen-bond acceptors (Lipinski definition) is 6. The molecule has 0 radical (unpaired) electrons. The van der Waals surface area contributed by atoms with Crippen molar-refractivity contribution >= 4 is 23.3 Å². The first-order valence-electron chi connectivity index (χ1n) is 5.54. The number of nitro benzene ring substituents is 1. The van der Waals surface area contributed by atoms with E-state index < -0.39 is 4.92 Å². The Bertz CT molecular complexity index is 618. The third kappa shape index (κ3) is 2.82. The summed E-state index contributed by atoms with van der Waals surface area (Å²) in [7, 11) is 1.77. The van der Waals surface area contributed by atoms with Crippen LogP contribution in [0.15, 0.2) is 40.5 Å². The molecule has 7 heteroatoms. The summed E-state index contributed by atoms with van der Waals surface area (Å²) in [6.45, 7) is 1.88. The summed E-state index contributed by atoms with van der Waals surface area (Å²) < 4.78 is 0. The fourth-order valence-corrected chi connectivity index (χ4v) is 2.54. The van der Waals surface area contributed by atoms with E-state index in [0.717, 1.165) is 11.4 Å². The standard InChI is InChI=1S/C12H12N4O2S/c1-8-11(13-2)14-7-15-12(8)19-10-6-4-3-5-9(10)16(17)18/h3-7H,1-2H3,(H,13,14,15). The maximum atomic E-state index is 11.0. The highest BCUT2D eigenvalue weighted by molar-refractivity contribution is 7.99. The van der Waals surface area contributed by atoms with Crippen molar-refractivity contribution in [2.45, 2.75) is 16.8 Å². The minimum Gasteiger partial charge on any atom is -0.373 e. The first-order valence-corrected chi connectivity index (χ1v) is 6.35. The van der Waals surface area contributed by atoms with Gasteiger partial charge in [-0.2, -0.15) is 0 Å². The van der Waals surface area contributed by atoms with Crippen LogP contribution in [0.1, 0.15) is 5.56 Å². The van der Waals surface area contributed by atoms with Crippen LogP contribution in [-0.4, -0.2) is 21.9 Å². The topological polar surface area (TPSA) is 81.0 Å². The minimum atomic E-state index is -0.391. The van der Waals surface area contributed by atoms with Crippen LogP contribution in [0, 0.1) is 17.0 Å². The van der Waals surface area contributed by atoms with Crippen LogP contribution in [0.3, 0.4) is 0 Å². The molecule has 0 bridgehead atoms. The molecule has 0 aliphatic heterocycles. The molecule has 0 spiro atoms. The van der Waals surface area contributed by atoms with E-state index in [4.69, 9.17) is 0 Å². The van der Waals surface area contributed by atoms with Gasteiger partial charge in [-0.1, -0.05) is 23.9 Å². The second-order valence-corrected chi connectivity index (χ2v) is 4.76. The average Bonchev–Trinajstić information content (AvgIpc) is 2.41. The van der Waals surface area contributed by atoms with E-state index in [1.165, 1.54) is 24.2 Å². The first-order chi connectivity index (χ1) is 9.13. The third-order valence-electron chi connectivity index (χ3n) is 2.54. The number of hydrogen-bond donors (Lipinski definition) is 1. The molecule has 0 atom stereocenters. The molecule has 0 unspecified atom stereocenters. The van der Waals surface area contributed by atoms with Crippen LogP contribution in [0.4, 0.5) is 11.5 Å². The Labute approximate surface area is 114 Å². The van der Waals surface area contributed by atoms with Gasteiger partial charge in [-0.05, 0) is 13.0 Å². The molecular weight excluding hydrogens is 264 g/mol. The van der Waals surface area contributed by atoms with Gasteiger partial charge in [-0.15, -0.1) is 0 Å². The van der Waals surface area contributed by atoms with Gasteiger partial charge in [0.2, 0.25) is 0 Å². The molecule has 2 aromatic rings. The molecule has 1 aromatic carbocycles. The Morgan fingerprint density at radius 1 is 1.32 bits per heavy atom. The van der Waals surface area contributed by atoms with Crippen LogP contribution < -0.4 is 5.32 Å². The molecule has 0 amide bonds. The smallest absolute Gasteiger partial charge is 0.283 e. The zero-order valence-corrected chi connectivity index (χ0v) is 11.3. The molecule has 19 heavy (non-hydrogen) atoms. The average molecular weight is 276 g/mol. The van der Waals surface area contributed by atoms with Crippen molar-refractivity contribution in [1.29, 1.82) is 0 Å². The van der Waals surface area contributed by atoms with E-state index in [1.54, 1.807) is 25.2 Å². The van der Waals surface area contributed by atoms with Gasteiger partial charge in [0.15, 0.2) is 0 Å². The Morgan fingerprint density at radius 2 is 2.05 bits per heavy atom. The van der Waals surface area contributed by atoms with Gasteiger partial charge in [-0.25, -0.2) is 9.97 Å². The van der Waals surface area contributed by atoms with Crippen LogP contribution in [0.25, 0.3) is 0 Å². The molecule has 0 saturated heterocycles. The summed E-state index contributed by atoms with van der Waals surface area (Å²) in [6, 6.07) is 6.61. The summed E-state index contributed by atoms with van der Waals surface area (Å²) in [4.78, 5) is 19.4. The van der Waals surface area contributed by atoms with E-state index in [2.05, 4.69) is 15.3 Å². The molecule has 2 rings (SSSR count). The SMILES string of the molecule is CNc1ncnc(Sc2ccccc2[N+](=O)[O-])c1C. The summed E-state index contributed by atoms with van der Waals surface area (Å²) in [5, 5.41) is 14.6. The minimum absolute atomic E-state index is 0.0801. The molecule has 1 N–H and O–H groups in total. The molecule has 0 saturated carbocycles. The second-order valence-electron chi connectivity index (χ2n) is 3.73. The number of benzene rings is 1. The van der Waals surface area contributed by atoms with Gasteiger partial charge in [0, 0.05) is 18.7 Å². The second kappa shape index (κ2) is 5.66. The van der Waals surface area contributed by atoms with E-state index in [-0.39, 0.29) is 5.69 Å². The maximum Gasteiger partial charge on any atom is 0.283 e. The van der Waals surface area contributed by atoms with Gasteiger partial charge < -0.3 is 5.32 Å². The lowest BCUT2D eigenvalue weighted by molar-refractivity contribution is -0.387. The number of anilines is 1. The van der Waals surface area contributed by atoms with E-state index >= 15 is 0 Å². The van der Waals surface area contributed by atoms with Crippen LogP contribution in [-0.2, 0) is 0 Å². The fourth-order valence-electron chi connectivity index (χ4n) is 1.59. The molecule has 0 fully saturated rings. The lowest BCUT2D eigenvalue weighted by Crippen LogP contribution is -1.99. The van der Waals surface area contributed by atoms with E-state index in [9.17, 15) is 10.1 Å². The van der Waals surface area contributed by atoms with E-state index in [0.29, 0.717) is 9.92 Å². The summed E-state index contributed by atoms with van der Waals surface area (Å²) in [5.74, 6) is 0.719. The van der Waals surface area contributed by atoms with Crippen molar-refractivity contribution in [3.8, 4) is 0 Å². The molecule has 1 aromatic heterocycles. The van der Waals surface area contributed by atoms with Crippen molar-refractivity contribution < 1.29 is 4.92 Å². The first kappa shape index (κ1) is 13.3. The lowest BCUT2D eigenvalue weighted by atomic mass is 10.3. The predicted molar refractivity (Wildman–Crippen MR) is 73.5 cm³/mol. The Kier molecular flexibility index (Phi) is 3.96. The van der Waals surface area contributed by atoms with Crippen molar-refractivity contribution in [3.05, 3.63) is 46.3 Å². The van der Waals surface area contributed by atoms with Gasteiger partial charge >= 0.3 is 0 Å². The number of rotatable bonds is 4. The Balaban J connectivity index is 2.39. The number of aromatic nitrogens is 2. The maximum absolute atomic E-state index is 11.0. The van der Waals surface area contributed by atoms with Crippen LogP contribution >= 0.6 is 11.8 Å². The summed E-state index contributed by atoms with van der Waals surface area (Å²) in [5.41, 5.74) is 0.949. The summed E-state index contributed by atoms with van der Waals surface area (Å²) in [6.07, 6.45) is 1.44. The Morgan fingerprint density at radius 3 is 2.74 bits per heavy atom. The predicted octanol–water partition coefficient (Wildman–Crippen LogP) is 2.89. The number of nitrogens with zero attached hydrogens (tertiary/aromatic N) is 3. The Hall–Kier alpha value is -2.15. The molecule has 1 heterocycles. The molecule has 0 aliphatic rings. The van der Waals surface area contributed by atoms with Gasteiger partial charge in [0.25, 0.3) is 5.69 Å². The number of nitrogens with one attached hydrogen (secondary N) is 1. The monoisotopic (exact) mass is 276 g/mol. The summed E-state index contributed by atoms with van der Waals surface area (Å²) >= 11 is 1.27. The highest BCUT2D eigenvalue weighted by Crippen LogP contribution is 2.35. The zero-order chi connectivity index (χ0) is 13.8. The quantitative estimate of drug-likeness (QED) is 0.525. The van der Waals surface area contributed by atoms with Gasteiger partial charge in [0.05, 0.1) is 9.82 Å². The normalized spacial score (nSPS) is 10.2. The lowest BCUT2D eigenvalue weighted by Gasteiger charge is -2.08. The van der Waals surface area contributed by atoms with E-state index in [1.807, 2.05) is 6.92 Å². The highest BCUT2D eigenvalue weighted by atomic mass is 32.2. The van der Waals surface area contributed by atoms with Gasteiger partial charge in [-0.3, -0.25) is 10.1 Å². The fraction of sp³-hybridized carbons (Fsp3) is 0.167. The number of nitro groups is 1. The highest BCUT2D eigenvalue weighted by Gasteiger charge is 2.16. The van der Waals surface area contributed by atoms with Crippen LogP contribution in [0.2, 0.25) is 0 Å². The van der Waals surface area contributed by atoms with Crippen molar-refractivity contribution in [3.63, 3.8) is 0 Å². The third-order valence-corrected chi connectivity index (χ3v) is 3.71. The van der Waals surface area contributed by atoms with Crippen molar-refractivity contribution in [1.82, 2.24) is 9.97 Å². The zero-order valence-electron chi connectivity index (χ0n) is 10.5. The van der Waals surface area contributed by atoms with Crippen molar-refractivity contribution in [2.75, 3.05) is 12.4 Å². The van der Waals surface area contributed by atoms with Gasteiger partial charge in [0.1, 0.15) is 17.2 Å². The molecule has 98 valence electrons. The van der Waals surface area contributed by atoms with Crippen LogP contribution in [0.5, 0.6) is 0 Å². The largest absolute Gasteiger partial charge is 0.373 e. The number of para-hydroxylation sites is 1. The molecule has 0 aliphatic carbocycles. The molecule has 6 nitrogen and oxygen atoms in total. The van der Waals surface area contributed by atoms with Crippen molar-refractivity contribution in [2.24, 2.45) is 0 Å². The molecular formula is C12H12N4O2S.